The standard InChI is InChI=1S/C14H16F4OS/c15-9-6-10(16)12(18)13(11(9)17)19-7-14(8-20)4-2-1-3-5-14/h6,20H,1-5,7-8H2. The van der Waals surface area contributed by atoms with Crippen LogP contribution in [0.2, 0.25) is 0 Å². The third kappa shape index (κ3) is 3.05. The smallest absolute Gasteiger partial charge is 0.203 e. The number of halogens is 4. The van der Waals surface area contributed by atoms with E-state index >= 15 is 0 Å². The molecule has 0 N–H and O–H groups in total. The second kappa shape index (κ2) is 6.24. The molecule has 1 saturated carbocycles. The van der Waals surface area contributed by atoms with Crippen molar-refractivity contribution in [2.24, 2.45) is 5.41 Å². The number of thiol groups is 1. The van der Waals surface area contributed by atoms with Gasteiger partial charge in [-0.05, 0) is 18.6 Å². The van der Waals surface area contributed by atoms with Crippen molar-refractivity contribution < 1.29 is 22.3 Å². The molecular formula is C14H16F4OS. The van der Waals surface area contributed by atoms with E-state index in [1.807, 2.05) is 0 Å². The Bertz CT molecular complexity index is 460. The van der Waals surface area contributed by atoms with Crippen molar-refractivity contribution in [3.8, 4) is 5.75 Å². The van der Waals surface area contributed by atoms with Crippen molar-refractivity contribution >= 4 is 12.6 Å². The largest absolute Gasteiger partial charge is 0.487 e. The second-order valence-corrected chi connectivity index (χ2v) is 5.62. The Morgan fingerprint density at radius 2 is 1.55 bits per heavy atom. The van der Waals surface area contributed by atoms with E-state index in [1.54, 1.807) is 0 Å². The minimum atomic E-state index is -1.49. The minimum absolute atomic E-state index is 0.00718. The minimum Gasteiger partial charge on any atom is -0.487 e. The molecular weight excluding hydrogens is 292 g/mol. The zero-order valence-electron chi connectivity index (χ0n) is 10.9. The van der Waals surface area contributed by atoms with Crippen LogP contribution in [0.15, 0.2) is 6.07 Å². The van der Waals surface area contributed by atoms with Gasteiger partial charge >= 0.3 is 0 Å². The average molecular weight is 308 g/mol. The molecule has 0 unspecified atom stereocenters. The maximum Gasteiger partial charge on any atom is 0.203 e. The number of hydrogen-bond acceptors (Lipinski definition) is 2. The molecule has 1 aliphatic rings. The van der Waals surface area contributed by atoms with Gasteiger partial charge in [-0.1, -0.05) is 19.3 Å². The van der Waals surface area contributed by atoms with Gasteiger partial charge in [-0.15, -0.1) is 0 Å². The van der Waals surface area contributed by atoms with Crippen LogP contribution in [0.3, 0.4) is 0 Å². The summed E-state index contributed by atoms with van der Waals surface area (Å²) in [7, 11) is 0. The van der Waals surface area contributed by atoms with Gasteiger partial charge in [-0.3, -0.25) is 0 Å². The summed E-state index contributed by atoms with van der Waals surface area (Å²) in [6.45, 7) is 0.00718. The van der Waals surface area contributed by atoms with E-state index in [0.717, 1.165) is 32.1 Å². The van der Waals surface area contributed by atoms with Crippen molar-refractivity contribution in [3.63, 3.8) is 0 Å². The lowest BCUT2D eigenvalue weighted by molar-refractivity contribution is 0.112. The maximum atomic E-state index is 13.5. The molecule has 1 aromatic rings. The van der Waals surface area contributed by atoms with Gasteiger partial charge in [0.15, 0.2) is 17.4 Å². The molecule has 0 aliphatic heterocycles. The van der Waals surface area contributed by atoms with Crippen molar-refractivity contribution in [2.45, 2.75) is 32.1 Å². The fourth-order valence-corrected chi connectivity index (χ4v) is 2.96. The summed E-state index contributed by atoms with van der Waals surface area (Å²) in [5, 5.41) is 0. The Morgan fingerprint density at radius 1 is 1.00 bits per heavy atom. The molecule has 112 valence electrons. The second-order valence-electron chi connectivity index (χ2n) is 5.30. The van der Waals surface area contributed by atoms with Gasteiger partial charge in [0.05, 0.1) is 6.61 Å². The highest BCUT2D eigenvalue weighted by atomic mass is 32.1. The summed E-state index contributed by atoms with van der Waals surface area (Å²) < 4.78 is 58.3. The summed E-state index contributed by atoms with van der Waals surface area (Å²) in [6, 6.07) is 0.173. The highest BCUT2D eigenvalue weighted by Crippen LogP contribution is 2.38. The molecule has 0 bridgehead atoms. The topological polar surface area (TPSA) is 9.23 Å². The molecule has 20 heavy (non-hydrogen) atoms. The normalized spacial score (nSPS) is 18.1. The van der Waals surface area contributed by atoms with Crippen LogP contribution >= 0.6 is 12.6 Å². The Labute approximate surface area is 120 Å². The van der Waals surface area contributed by atoms with Crippen LogP contribution in [0.1, 0.15) is 32.1 Å². The molecule has 0 radical (unpaired) electrons. The number of rotatable bonds is 4. The SMILES string of the molecule is Fc1cc(F)c(F)c(OCC2(CS)CCCCC2)c1F. The zero-order valence-corrected chi connectivity index (χ0v) is 11.8. The Kier molecular flexibility index (Phi) is 4.83. The molecule has 0 saturated heterocycles. The van der Waals surface area contributed by atoms with Gasteiger partial charge in [0, 0.05) is 11.5 Å². The highest BCUT2D eigenvalue weighted by Gasteiger charge is 2.33. The van der Waals surface area contributed by atoms with Crippen molar-refractivity contribution in [2.75, 3.05) is 12.4 Å². The van der Waals surface area contributed by atoms with Crippen LogP contribution in [0.5, 0.6) is 5.75 Å². The monoisotopic (exact) mass is 308 g/mol. The van der Waals surface area contributed by atoms with Gasteiger partial charge in [0.1, 0.15) is 0 Å². The van der Waals surface area contributed by atoms with Crippen LogP contribution in [0, 0.1) is 28.7 Å². The number of benzene rings is 1. The van der Waals surface area contributed by atoms with Gasteiger partial charge in [0.25, 0.3) is 0 Å². The van der Waals surface area contributed by atoms with E-state index in [1.165, 1.54) is 0 Å². The zero-order chi connectivity index (χ0) is 14.8. The van der Waals surface area contributed by atoms with Crippen LogP contribution in [-0.2, 0) is 0 Å². The first kappa shape index (κ1) is 15.5. The Balaban J connectivity index is 2.18. The van der Waals surface area contributed by atoms with Crippen LogP contribution < -0.4 is 4.74 Å². The molecule has 1 nitrogen and oxygen atoms in total. The van der Waals surface area contributed by atoms with E-state index in [4.69, 9.17) is 4.74 Å². The Hall–Kier alpha value is -0.910. The van der Waals surface area contributed by atoms with Crippen molar-refractivity contribution in [1.82, 2.24) is 0 Å². The van der Waals surface area contributed by atoms with E-state index in [2.05, 4.69) is 12.6 Å². The summed E-state index contributed by atoms with van der Waals surface area (Å²) in [5.74, 6) is -6.36. The molecule has 0 heterocycles. The molecule has 0 spiro atoms. The molecule has 0 atom stereocenters. The lowest BCUT2D eigenvalue weighted by Gasteiger charge is -2.35. The van der Waals surface area contributed by atoms with Gasteiger partial charge in [-0.2, -0.15) is 21.4 Å². The number of hydrogen-bond donors (Lipinski definition) is 1. The van der Waals surface area contributed by atoms with Crippen molar-refractivity contribution in [3.05, 3.63) is 29.3 Å². The molecule has 1 fully saturated rings. The van der Waals surface area contributed by atoms with E-state index in [-0.39, 0.29) is 18.1 Å². The van der Waals surface area contributed by atoms with E-state index in [0.29, 0.717) is 5.75 Å². The van der Waals surface area contributed by atoms with Crippen LogP contribution in [0.25, 0.3) is 0 Å². The molecule has 1 aromatic carbocycles. The molecule has 1 aliphatic carbocycles. The lowest BCUT2D eigenvalue weighted by atomic mass is 9.76. The summed E-state index contributed by atoms with van der Waals surface area (Å²) in [5.41, 5.74) is -0.289. The molecule has 0 aromatic heterocycles. The Morgan fingerprint density at radius 3 is 2.05 bits per heavy atom. The van der Waals surface area contributed by atoms with Gasteiger partial charge < -0.3 is 4.74 Å². The molecule has 2 rings (SSSR count). The third-order valence-electron chi connectivity index (χ3n) is 3.84. The fraction of sp³-hybridized carbons (Fsp3) is 0.571. The van der Waals surface area contributed by atoms with Gasteiger partial charge in [0.2, 0.25) is 11.6 Å². The van der Waals surface area contributed by atoms with E-state index in [9.17, 15) is 17.6 Å². The molecule has 6 heteroatoms. The summed E-state index contributed by atoms with van der Waals surface area (Å²) in [6.07, 6.45) is 4.75. The van der Waals surface area contributed by atoms with Crippen molar-refractivity contribution in [1.29, 1.82) is 0 Å². The average Bonchev–Trinajstić information content (AvgIpc) is 2.46. The predicted molar refractivity (Wildman–Crippen MR) is 71.1 cm³/mol. The third-order valence-corrected chi connectivity index (χ3v) is 4.51. The van der Waals surface area contributed by atoms with Crippen LogP contribution in [0.4, 0.5) is 17.6 Å². The predicted octanol–water partition coefficient (Wildman–Crippen LogP) is 4.50. The fourth-order valence-electron chi connectivity index (χ4n) is 2.55. The van der Waals surface area contributed by atoms with Crippen LogP contribution in [-0.4, -0.2) is 12.4 Å². The van der Waals surface area contributed by atoms with Gasteiger partial charge in [-0.25, -0.2) is 8.78 Å². The highest BCUT2D eigenvalue weighted by molar-refractivity contribution is 7.80. The summed E-state index contributed by atoms with van der Waals surface area (Å²) in [4.78, 5) is 0. The molecule has 0 amide bonds. The summed E-state index contributed by atoms with van der Waals surface area (Å²) >= 11 is 4.27. The number of ether oxygens (including phenoxy) is 1. The first-order valence-electron chi connectivity index (χ1n) is 6.56. The first-order valence-corrected chi connectivity index (χ1v) is 7.19. The van der Waals surface area contributed by atoms with E-state index < -0.39 is 29.0 Å². The quantitative estimate of drug-likeness (QED) is 0.489. The lowest BCUT2D eigenvalue weighted by Crippen LogP contribution is -2.33. The first-order chi connectivity index (χ1) is 9.49. The maximum absolute atomic E-state index is 13.5.